The first-order valence-corrected chi connectivity index (χ1v) is 7.87. The van der Waals surface area contributed by atoms with E-state index < -0.39 is 0 Å². The largest absolute Gasteiger partial charge is 0.497 e. The highest BCUT2D eigenvalue weighted by Gasteiger charge is 2.10. The maximum atomic E-state index is 12.1. The van der Waals surface area contributed by atoms with E-state index in [1.165, 1.54) is 0 Å². The summed E-state index contributed by atoms with van der Waals surface area (Å²) in [4.78, 5) is 12.1. The summed E-state index contributed by atoms with van der Waals surface area (Å²) >= 11 is 0. The number of hydrazone groups is 1. The summed E-state index contributed by atoms with van der Waals surface area (Å²) in [5.41, 5.74) is 5.17. The fraction of sp³-hybridized carbons (Fsp3) is 0.105. The third-order valence-electron chi connectivity index (χ3n) is 3.70. The van der Waals surface area contributed by atoms with Crippen LogP contribution in [-0.4, -0.2) is 36.5 Å². The molecule has 0 saturated heterocycles. The first-order valence-electron chi connectivity index (χ1n) is 7.87. The molecule has 0 bridgehead atoms. The van der Waals surface area contributed by atoms with Gasteiger partial charge in [0.2, 0.25) is 0 Å². The molecule has 0 spiro atoms. The van der Waals surface area contributed by atoms with Crippen LogP contribution in [0.2, 0.25) is 0 Å². The molecule has 0 fully saturated rings. The van der Waals surface area contributed by atoms with Gasteiger partial charge in [-0.15, -0.1) is 0 Å². The van der Waals surface area contributed by atoms with Gasteiger partial charge in [-0.3, -0.25) is 9.89 Å². The van der Waals surface area contributed by atoms with Crippen molar-refractivity contribution < 1.29 is 14.3 Å². The smallest absolute Gasteiger partial charge is 0.289 e. The lowest BCUT2D eigenvalue weighted by Crippen LogP contribution is -2.17. The highest BCUT2D eigenvalue weighted by molar-refractivity contribution is 5.94. The first-order chi connectivity index (χ1) is 12.7. The summed E-state index contributed by atoms with van der Waals surface area (Å²) in [5, 5.41) is 10.8. The summed E-state index contributed by atoms with van der Waals surface area (Å²) in [5.74, 6) is 1.15. The Morgan fingerprint density at radius 1 is 1.04 bits per heavy atom. The van der Waals surface area contributed by atoms with Gasteiger partial charge in [-0.1, -0.05) is 0 Å². The lowest BCUT2D eigenvalue weighted by molar-refractivity contribution is 0.0950. The Hall–Kier alpha value is -3.61. The van der Waals surface area contributed by atoms with E-state index in [1.807, 2.05) is 48.5 Å². The molecule has 3 aromatic rings. The van der Waals surface area contributed by atoms with Gasteiger partial charge in [-0.25, -0.2) is 5.43 Å². The lowest BCUT2D eigenvalue weighted by Gasteiger charge is -2.00. The summed E-state index contributed by atoms with van der Waals surface area (Å²) < 4.78 is 10.2. The second kappa shape index (κ2) is 7.98. The molecule has 3 rings (SSSR count). The molecular formula is C19H18N4O3. The van der Waals surface area contributed by atoms with Crippen molar-refractivity contribution in [3.05, 3.63) is 65.9 Å². The molecular weight excluding hydrogens is 332 g/mol. The summed E-state index contributed by atoms with van der Waals surface area (Å²) in [6, 6.07) is 16.4. The Bertz CT molecular complexity index is 899. The Balaban J connectivity index is 1.62. The van der Waals surface area contributed by atoms with E-state index in [2.05, 4.69) is 20.7 Å². The van der Waals surface area contributed by atoms with Crippen molar-refractivity contribution in [3.63, 3.8) is 0 Å². The van der Waals surface area contributed by atoms with Crippen LogP contribution in [0.4, 0.5) is 0 Å². The quantitative estimate of drug-likeness (QED) is 0.528. The predicted octanol–water partition coefficient (Wildman–Crippen LogP) is 2.86. The number of rotatable bonds is 6. The molecule has 1 heterocycles. The van der Waals surface area contributed by atoms with Crippen molar-refractivity contribution in [2.75, 3.05) is 14.2 Å². The van der Waals surface area contributed by atoms with Gasteiger partial charge >= 0.3 is 0 Å². The number of carbonyl (C=O) groups excluding carboxylic acids is 1. The fourth-order valence-electron chi connectivity index (χ4n) is 2.26. The zero-order valence-electron chi connectivity index (χ0n) is 14.4. The molecule has 0 atom stereocenters. The SMILES string of the molecule is COc1ccc(C=NNC(=O)c2cc(-c3ccc(OC)cc3)n[nH]2)cc1. The van der Waals surface area contributed by atoms with Crippen LogP contribution < -0.4 is 14.9 Å². The fourth-order valence-corrected chi connectivity index (χ4v) is 2.26. The van der Waals surface area contributed by atoms with Crippen molar-refractivity contribution in [1.82, 2.24) is 15.6 Å². The highest BCUT2D eigenvalue weighted by Crippen LogP contribution is 2.21. The minimum Gasteiger partial charge on any atom is -0.497 e. The average molecular weight is 350 g/mol. The molecule has 132 valence electrons. The van der Waals surface area contributed by atoms with Gasteiger partial charge in [-0.05, 0) is 60.2 Å². The van der Waals surface area contributed by atoms with Crippen molar-refractivity contribution in [2.24, 2.45) is 5.10 Å². The third kappa shape index (κ3) is 4.07. The van der Waals surface area contributed by atoms with Gasteiger partial charge in [0.05, 0.1) is 26.1 Å². The van der Waals surface area contributed by atoms with E-state index in [9.17, 15) is 4.79 Å². The van der Waals surface area contributed by atoms with Crippen molar-refractivity contribution >= 4 is 12.1 Å². The van der Waals surface area contributed by atoms with Crippen molar-refractivity contribution in [3.8, 4) is 22.8 Å². The number of hydrogen-bond donors (Lipinski definition) is 2. The van der Waals surface area contributed by atoms with Crippen molar-refractivity contribution in [2.45, 2.75) is 0 Å². The van der Waals surface area contributed by atoms with Gasteiger partial charge in [0.15, 0.2) is 0 Å². The highest BCUT2D eigenvalue weighted by atomic mass is 16.5. The maximum Gasteiger partial charge on any atom is 0.289 e. The number of aromatic amines is 1. The number of benzene rings is 2. The number of carbonyl (C=O) groups is 1. The second-order valence-electron chi connectivity index (χ2n) is 5.37. The van der Waals surface area contributed by atoms with Crippen LogP contribution >= 0.6 is 0 Å². The average Bonchev–Trinajstić information content (AvgIpc) is 3.19. The van der Waals surface area contributed by atoms with Crippen LogP contribution in [0.15, 0.2) is 59.7 Å². The van der Waals surface area contributed by atoms with Crippen LogP contribution in [0, 0.1) is 0 Å². The van der Waals surface area contributed by atoms with Crippen molar-refractivity contribution in [1.29, 1.82) is 0 Å². The molecule has 2 N–H and O–H groups in total. The molecule has 0 radical (unpaired) electrons. The predicted molar refractivity (Wildman–Crippen MR) is 98.6 cm³/mol. The van der Waals surface area contributed by atoms with Crippen LogP contribution in [0.5, 0.6) is 11.5 Å². The molecule has 0 aliphatic heterocycles. The molecule has 1 aromatic heterocycles. The number of H-pyrrole nitrogens is 1. The van der Waals surface area contributed by atoms with E-state index in [0.717, 1.165) is 22.6 Å². The normalized spacial score (nSPS) is 10.7. The Morgan fingerprint density at radius 3 is 2.27 bits per heavy atom. The zero-order valence-corrected chi connectivity index (χ0v) is 14.4. The molecule has 0 unspecified atom stereocenters. The van der Waals surface area contributed by atoms with Gasteiger partial charge in [-0.2, -0.15) is 10.2 Å². The number of nitrogens with zero attached hydrogens (tertiary/aromatic N) is 2. The van der Waals surface area contributed by atoms with Gasteiger partial charge in [0, 0.05) is 5.56 Å². The molecule has 7 nitrogen and oxygen atoms in total. The van der Waals surface area contributed by atoms with Crippen LogP contribution in [0.25, 0.3) is 11.3 Å². The van der Waals surface area contributed by atoms with Gasteiger partial charge in [0.25, 0.3) is 5.91 Å². The van der Waals surface area contributed by atoms with Crippen LogP contribution in [0.3, 0.4) is 0 Å². The Labute approximate surface area is 150 Å². The first kappa shape index (κ1) is 17.2. The third-order valence-corrected chi connectivity index (χ3v) is 3.70. The van der Waals surface area contributed by atoms with E-state index >= 15 is 0 Å². The van der Waals surface area contributed by atoms with Crippen LogP contribution in [-0.2, 0) is 0 Å². The molecule has 0 saturated carbocycles. The zero-order chi connectivity index (χ0) is 18.4. The Kier molecular flexibility index (Phi) is 5.28. The van der Waals surface area contributed by atoms with E-state index in [0.29, 0.717) is 11.4 Å². The molecule has 0 aliphatic carbocycles. The Morgan fingerprint density at radius 2 is 1.65 bits per heavy atom. The topological polar surface area (TPSA) is 88.6 Å². The number of aromatic nitrogens is 2. The van der Waals surface area contributed by atoms with Gasteiger partial charge in [0.1, 0.15) is 17.2 Å². The van der Waals surface area contributed by atoms with Gasteiger partial charge < -0.3 is 9.47 Å². The number of ether oxygens (including phenoxy) is 2. The van der Waals surface area contributed by atoms with Crippen LogP contribution in [0.1, 0.15) is 16.1 Å². The number of hydrogen-bond acceptors (Lipinski definition) is 5. The minimum atomic E-state index is -0.373. The number of methoxy groups -OCH3 is 2. The minimum absolute atomic E-state index is 0.322. The summed E-state index contributed by atoms with van der Waals surface area (Å²) in [6.45, 7) is 0. The molecule has 1 amide bonds. The number of amides is 1. The van der Waals surface area contributed by atoms with E-state index in [-0.39, 0.29) is 5.91 Å². The maximum absolute atomic E-state index is 12.1. The lowest BCUT2D eigenvalue weighted by atomic mass is 10.1. The molecule has 0 aliphatic rings. The summed E-state index contributed by atoms with van der Waals surface area (Å²) in [6.07, 6.45) is 1.55. The summed E-state index contributed by atoms with van der Waals surface area (Å²) in [7, 11) is 3.21. The second-order valence-corrected chi connectivity index (χ2v) is 5.37. The standard InChI is InChI=1S/C19H18N4O3/c1-25-15-7-3-13(4-8-15)12-20-23-19(24)18-11-17(21-22-18)14-5-9-16(26-2)10-6-14/h3-12H,1-2H3,(H,21,22)(H,23,24). The van der Waals surface area contributed by atoms with E-state index in [1.54, 1.807) is 26.5 Å². The monoisotopic (exact) mass is 350 g/mol. The number of nitrogens with one attached hydrogen (secondary N) is 2. The molecule has 26 heavy (non-hydrogen) atoms. The molecule has 7 heteroatoms. The molecule has 2 aromatic carbocycles. The van der Waals surface area contributed by atoms with E-state index in [4.69, 9.17) is 9.47 Å².